The molecule has 4 rings (SSSR count). The number of esters is 1. The Morgan fingerprint density at radius 2 is 1.74 bits per heavy atom. The lowest BCUT2D eigenvalue weighted by molar-refractivity contribution is 0.0602. The summed E-state index contributed by atoms with van der Waals surface area (Å²) < 4.78 is 10.5. The van der Waals surface area contributed by atoms with Crippen molar-refractivity contribution in [2.75, 3.05) is 12.4 Å². The second kappa shape index (κ2) is 6.78. The summed E-state index contributed by atoms with van der Waals surface area (Å²) in [6.45, 7) is 0. The third kappa shape index (κ3) is 3.13. The van der Waals surface area contributed by atoms with E-state index in [-0.39, 0.29) is 17.2 Å². The molecule has 0 aliphatic rings. The molecule has 0 saturated carbocycles. The Morgan fingerprint density at radius 3 is 2.56 bits per heavy atom. The number of fused-ring (bicyclic) bond motifs is 3. The van der Waals surface area contributed by atoms with Gasteiger partial charge in [0, 0.05) is 21.4 Å². The summed E-state index contributed by atoms with van der Waals surface area (Å²) in [7, 11) is 1.28. The van der Waals surface area contributed by atoms with Crippen LogP contribution in [0.5, 0.6) is 0 Å². The van der Waals surface area contributed by atoms with Crippen molar-refractivity contribution in [2.45, 2.75) is 0 Å². The Kier molecular flexibility index (Phi) is 4.30. The largest absolute Gasteiger partial charge is 0.465 e. The summed E-state index contributed by atoms with van der Waals surface area (Å²) in [6.07, 6.45) is 0. The Labute approximate surface area is 159 Å². The number of anilines is 1. The van der Waals surface area contributed by atoms with Crippen molar-refractivity contribution < 1.29 is 18.7 Å². The number of nitrogens with one attached hydrogen (secondary N) is 1. The number of carbonyl (C=O) groups is 2. The average Bonchev–Trinajstić information content (AvgIpc) is 3.05. The van der Waals surface area contributed by atoms with E-state index >= 15 is 0 Å². The SMILES string of the molecule is COC(=O)c1ccc(Cl)cc1NC(=O)c1ccc2oc3ccccc3c2c1. The number of rotatable bonds is 3. The van der Waals surface area contributed by atoms with E-state index in [4.69, 9.17) is 20.8 Å². The Hall–Kier alpha value is -3.31. The molecule has 27 heavy (non-hydrogen) atoms. The van der Waals surface area contributed by atoms with Crippen LogP contribution in [0, 0.1) is 0 Å². The van der Waals surface area contributed by atoms with Gasteiger partial charge in [-0.25, -0.2) is 4.79 Å². The lowest BCUT2D eigenvalue weighted by Crippen LogP contribution is -2.15. The molecule has 0 aliphatic heterocycles. The summed E-state index contributed by atoms with van der Waals surface area (Å²) in [6, 6.07) is 17.4. The standard InChI is InChI=1S/C21H14ClNO4/c1-26-21(25)15-8-7-13(22)11-17(15)23-20(24)12-6-9-19-16(10-12)14-4-2-3-5-18(14)27-19/h2-11H,1H3,(H,23,24). The van der Waals surface area contributed by atoms with Gasteiger partial charge in [-0.3, -0.25) is 4.79 Å². The number of para-hydroxylation sites is 1. The summed E-state index contributed by atoms with van der Waals surface area (Å²) in [4.78, 5) is 24.7. The number of furan rings is 1. The average molecular weight is 380 g/mol. The molecule has 0 bridgehead atoms. The van der Waals surface area contributed by atoms with Gasteiger partial charge in [0.2, 0.25) is 0 Å². The molecule has 1 heterocycles. The van der Waals surface area contributed by atoms with E-state index in [0.717, 1.165) is 16.4 Å². The topological polar surface area (TPSA) is 68.5 Å². The Balaban J connectivity index is 1.72. The number of ether oxygens (including phenoxy) is 1. The predicted octanol–water partition coefficient (Wildman–Crippen LogP) is 5.28. The van der Waals surface area contributed by atoms with Crippen LogP contribution in [0.15, 0.2) is 65.1 Å². The van der Waals surface area contributed by atoms with Gasteiger partial charge in [0.1, 0.15) is 11.2 Å². The molecular weight excluding hydrogens is 366 g/mol. The highest BCUT2D eigenvalue weighted by Crippen LogP contribution is 2.29. The van der Waals surface area contributed by atoms with Gasteiger partial charge in [-0.15, -0.1) is 0 Å². The molecule has 1 N–H and O–H groups in total. The van der Waals surface area contributed by atoms with Gasteiger partial charge in [0.25, 0.3) is 5.91 Å². The predicted molar refractivity (Wildman–Crippen MR) is 104 cm³/mol. The van der Waals surface area contributed by atoms with Crippen LogP contribution >= 0.6 is 11.6 Å². The number of amides is 1. The van der Waals surface area contributed by atoms with Gasteiger partial charge in [0.15, 0.2) is 0 Å². The van der Waals surface area contributed by atoms with Gasteiger partial charge >= 0.3 is 5.97 Å². The molecule has 0 spiro atoms. The first kappa shape index (κ1) is 17.1. The lowest BCUT2D eigenvalue weighted by Gasteiger charge is -2.10. The van der Waals surface area contributed by atoms with Crippen molar-refractivity contribution in [2.24, 2.45) is 0 Å². The van der Waals surface area contributed by atoms with Crippen LogP contribution in [-0.2, 0) is 4.74 Å². The molecule has 6 heteroatoms. The minimum absolute atomic E-state index is 0.227. The molecule has 1 aromatic heterocycles. The fraction of sp³-hybridized carbons (Fsp3) is 0.0476. The maximum Gasteiger partial charge on any atom is 0.339 e. The van der Waals surface area contributed by atoms with E-state index in [1.807, 2.05) is 24.3 Å². The van der Waals surface area contributed by atoms with Crippen LogP contribution in [0.1, 0.15) is 20.7 Å². The number of hydrogen-bond donors (Lipinski definition) is 1. The molecule has 3 aromatic carbocycles. The highest BCUT2D eigenvalue weighted by Gasteiger charge is 2.16. The van der Waals surface area contributed by atoms with Crippen LogP contribution in [0.25, 0.3) is 21.9 Å². The van der Waals surface area contributed by atoms with E-state index in [2.05, 4.69) is 5.32 Å². The van der Waals surface area contributed by atoms with Gasteiger partial charge in [0.05, 0.1) is 18.4 Å². The summed E-state index contributed by atoms with van der Waals surface area (Å²) >= 11 is 6.01. The molecule has 0 unspecified atom stereocenters. The van der Waals surface area contributed by atoms with Crippen molar-refractivity contribution in [3.05, 3.63) is 76.8 Å². The molecule has 4 aromatic rings. The number of halogens is 1. The minimum atomic E-state index is -0.557. The molecule has 1 amide bonds. The van der Waals surface area contributed by atoms with Crippen molar-refractivity contribution >= 4 is 51.1 Å². The summed E-state index contributed by atoms with van der Waals surface area (Å²) in [5, 5.41) is 4.91. The van der Waals surface area contributed by atoms with Crippen molar-refractivity contribution in [1.29, 1.82) is 0 Å². The fourth-order valence-corrected chi connectivity index (χ4v) is 3.14. The fourth-order valence-electron chi connectivity index (χ4n) is 2.97. The first-order chi connectivity index (χ1) is 13.1. The Morgan fingerprint density at radius 1 is 0.963 bits per heavy atom. The van der Waals surface area contributed by atoms with Crippen molar-refractivity contribution in [3.8, 4) is 0 Å². The molecule has 0 fully saturated rings. The molecule has 0 atom stereocenters. The molecule has 0 radical (unpaired) electrons. The second-order valence-corrected chi connectivity index (χ2v) is 6.38. The van der Waals surface area contributed by atoms with E-state index in [9.17, 15) is 9.59 Å². The number of carbonyl (C=O) groups excluding carboxylic acids is 2. The third-order valence-electron chi connectivity index (χ3n) is 4.27. The van der Waals surface area contributed by atoms with Crippen LogP contribution in [0.2, 0.25) is 5.02 Å². The van der Waals surface area contributed by atoms with Crippen molar-refractivity contribution in [1.82, 2.24) is 0 Å². The lowest BCUT2D eigenvalue weighted by atomic mass is 10.1. The van der Waals surface area contributed by atoms with Gasteiger partial charge < -0.3 is 14.5 Å². The zero-order valence-electron chi connectivity index (χ0n) is 14.3. The highest BCUT2D eigenvalue weighted by atomic mass is 35.5. The molecule has 0 aliphatic carbocycles. The normalized spacial score (nSPS) is 10.9. The molecule has 134 valence electrons. The zero-order valence-corrected chi connectivity index (χ0v) is 15.0. The Bertz CT molecular complexity index is 1200. The maximum absolute atomic E-state index is 12.8. The first-order valence-electron chi connectivity index (χ1n) is 8.17. The van der Waals surface area contributed by atoms with Gasteiger partial charge in [-0.1, -0.05) is 29.8 Å². The number of methoxy groups -OCH3 is 1. The number of benzene rings is 3. The van der Waals surface area contributed by atoms with Gasteiger partial charge in [-0.05, 0) is 42.5 Å². The third-order valence-corrected chi connectivity index (χ3v) is 4.51. The molecular formula is C21H14ClNO4. The molecule has 5 nitrogen and oxygen atoms in total. The minimum Gasteiger partial charge on any atom is -0.465 e. The van der Waals surface area contributed by atoms with Crippen LogP contribution < -0.4 is 5.32 Å². The van der Waals surface area contributed by atoms with Crippen LogP contribution in [0.3, 0.4) is 0 Å². The van der Waals surface area contributed by atoms with E-state index < -0.39 is 5.97 Å². The maximum atomic E-state index is 12.8. The number of hydrogen-bond acceptors (Lipinski definition) is 4. The summed E-state index contributed by atoms with van der Waals surface area (Å²) in [5.41, 5.74) is 2.41. The second-order valence-electron chi connectivity index (χ2n) is 5.94. The zero-order chi connectivity index (χ0) is 19.0. The monoisotopic (exact) mass is 379 g/mol. The van der Waals surface area contributed by atoms with Gasteiger partial charge in [-0.2, -0.15) is 0 Å². The van der Waals surface area contributed by atoms with E-state index in [1.165, 1.54) is 19.2 Å². The van der Waals surface area contributed by atoms with E-state index in [0.29, 0.717) is 16.2 Å². The highest BCUT2D eigenvalue weighted by molar-refractivity contribution is 6.31. The smallest absolute Gasteiger partial charge is 0.339 e. The van der Waals surface area contributed by atoms with Crippen LogP contribution in [0.4, 0.5) is 5.69 Å². The quantitative estimate of drug-likeness (QED) is 0.492. The van der Waals surface area contributed by atoms with Crippen molar-refractivity contribution in [3.63, 3.8) is 0 Å². The molecule has 0 saturated heterocycles. The van der Waals surface area contributed by atoms with E-state index in [1.54, 1.807) is 24.3 Å². The van der Waals surface area contributed by atoms with Crippen LogP contribution in [-0.4, -0.2) is 19.0 Å². The summed E-state index contributed by atoms with van der Waals surface area (Å²) in [5.74, 6) is -0.923. The first-order valence-corrected chi connectivity index (χ1v) is 8.55.